The molecule has 3 nitrogen and oxygen atoms in total. The van der Waals surface area contributed by atoms with Crippen molar-refractivity contribution < 1.29 is 4.42 Å². The maximum absolute atomic E-state index is 6.63. The summed E-state index contributed by atoms with van der Waals surface area (Å²) >= 11 is 0. The van der Waals surface area contributed by atoms with Crippen LogP contribution >= 0.6 is 0 Å². The minimum Gasteiger partial charge on any atom is -0.452 e. The van der Waals surface area contributed by atoms with Crippen LogP contribution in [0.15, 0.2) is 199 Å². The second-order valence-electron chi connectivity index (χ2n) is 14.1. The van der Waals surface area contributed by atoms with E-state index in [0.29, 0.717) is 11.4 Å². The highest BCUT2D eigenvalue weighted by Crippen LogP contribution is 2.40. The van der Waals surface area contributed by atoms with E-state index >= 15 is 0 Å². The summed E-state index contributed by atoms with van der Waals surface area (Å²) in [5.74, 6) is 0.680. The molecule has 0 aliphatic rings. The smallest absolute Gasteiger partial charge is 0.180 e. The Labute approximate surface area is 317 Å². The summed E-state index contributed by atoms with van der Waals surface area (Å²) in [6, 6.07) is 68.8. The number of hydrogen-bond donors (Lipinski definition) is 0. The Bertz CT molecular complexity index is 3220. The van der Waals surface area contributed by atoms with Crippen molar-refractivity contribution in [2.45, 2.75) is 0 Å². The van der Waals surface area contributed by atoms with Crippen molar-refractivity contribution in [1.29, 1.82) is 0 Å². The molecule has 0 saturated carbocycles. The second kappa shape index (κ2) is 12.6. The molecule has 2 aromatic heterocycles. The lowest BCUT2D eigenvalue weighted by Gasteiger charge is -2.13. The number of furan rings is 1. The molecule has 0 amide bonds. The third kappa shape index (κ3) is 5.28. The third-order valence-corrected chi connectivity index (χ3v) is 10.9. The zero-order valence-electron chi connectivity index (χ0n) is 29.8. The fraction of sp³-hybridized carbons (Fsp3) is 0. The van der Waals surface area contributed by atoms with E-state index in [4.69, 9.17) is 14.4 Å². The van der Waals surface area contributed by atoms with E-state index in [0.717, 1.165) is 50.0 Å². The average Bonchev–Trinajstić information content (AvgIpc) is 3.64. The van der Waals surface area contributed by atoms with E-state index in [1.165, 1.54) is 49.0 Å². The number of hydrogen-bond acceptors (Lipinski definition) is 3. The first-order valence-electron chi connectivity index (χ1n) is 18.6. The van der Waals surface area contributed by atoms with Crippen LogP contribution in [0.5, 0.6) is 0 Å². The first-order chi connectivity index (χ1) is 27.2. The Morgan fingerprint density at radius 3 is 1.31 bits per heavy atom. The van der Waals surface area contributed by atoms with Crippen LogP contribution in [0.1, 0.15) is 0 Å². The summed E-state index contributed by atoms with van der Waals surface area (Å²) in [5, 5.41) is 8.68. The van der Waals surface area contributed by atoms with Crippen LogP contribution in [0.2, 0.25) is 0 Å². The monoisotopic (exact) mass is 700 g/mol. The van der Waals surface area contributed by atoms with E-state index < -0.39 is 0 Å². The fourth-order valence-electron chi connectivity index (χ4n) is 8.17. The number of aromatic nitrogens is 2. The maximum Gasteiger partial charge on any atom is 0.180 e. The molecule has 0 spiro atoms. The molecule has 0 fully saturated rings. The Kier molecular flexibility index (Phi) is 7.17. The number of fused-ring (bicyclic) bond motifs is 9. The fourth-order valence-corrected chi connectivity index (χ4v) is 8.17. The summed E-state index contributed by atoms with van der Waals surface area (Å²) in [6.45, 7) is 0. The Morgan fingerprint density at radius 1 is 0.291 bits per heavy atom. The Hall–Kier alpha value is -7.36. The highest BCUT2D eigenvalue weighted by molar-refractivity contribution is 6.25. The minimum atomic E-state index is 0.680. The molecule has 0 atom stereocenters. The predicted molar refractivity (Wildman–Crippen MR) is 229 cm³/mol. The van der Waals surface area contributed by atoms with Gasteiger partial charge < -0.3 is 4.42 Å². The van der Waals surface area contributed by atoms with Gasteiger partial charge in [0.2, 0.25) is 0 Å². The van der Waals surface area contributed by atoms with Gasteiger partial charge in [-0.2, -0.15) is 0 Å². The molecule has 0 aliphatic heterocycles. The van der Waals surface area contributed by atoms with E-state index in [-0.39, 0.29) is 0 Å². The minimum absolute atomic E-state index is 0.680. The molecule has 0 N–H and O–H groups in total. The maximum atomic E-state index is 6.63. The number of benzene rings is 9. The molecule has 0 bridgehead atoms. The summed E-state index contributed by atoms with van der Waals surface area (Å²) in [7, 11) is 0. The lowest BCUT2D eigenvalue weighted by molar-refractivity contribution is 0.667. The highest BCUT2D eigenvalue weighted by atomic mass is 16.3. The lowest BCUT2D eigenvalue weighted by atomic mass is 9.91. The Morgan fingerprint density at radius 2 is 0.727 bits per heavy atom. The van der Waals surface area contributed by atoms with Crippen LogP contribution in [0.25, 0.3) is 110 Å². The van der Waals surface area contributed by atoms with Crippen molar-refractivity contribution in [1.82, 2.24) is 9.97 Å². The normalized spacial score (nSPS) is 11.6. The highest BCUT2D eigenvalue weighted by Gasteiger charge is 2.19. The molecule has 11 aromatic rings. The standard InChI is InChI=1S/C52H32N2O/c1-3-13-33(14-4-1)49-51-50(54-52(53-49)34-15-5-2-6-16-34)46-28-26-40(32-48(46)55-51)38-20-12-18-36(30-38)35-17-11-19-37(29-35)39-25-27-45-43-23-8-7-21-41(43)42-22-9-10-24-44(42)47(45)31-39/h1-32H. The zero-order valence-corrected chi connectivity index (χ0v) is 29.8. The van der Waals surface area contributed by atoms with Gasteiger partial charge in [-0.05, 0) is 96.0 Å². The van der Waals surface area contributed by atoms with Crippen molar-refractivity contribution in [3.05, 3.63) is 194 Å². The molecule has 55 heavy (non-hydrogen) atoms. The van der Waals surface area contributed by atoms with Crippen LogP contribution < -0.4 is 0 Å². The van der Waals surface area contributed by atoms with E-state index in [1.807, 2.05) is 48.5 Å². The average molecular weight is 701 g/mol. The van der Waals surface area contributed by atoms with Gasteiger partial charge in [0.25, 0.3) is 0 Å². The van der Waals surface area contributed by atoms with Crippen LogP contribution in [-0.2, 0) is 0 Å². The van der Waals surface area contributed by atoms with Gasteiger partial charge in [-0.3, -0.25) is 0 Å². The van der Waals surface area contributed by atoms with Gasteiger partial charge in [-0.15, -0.1) is 0 Å². The molecular formula is C52H32N2O. The molecule has 0 radical (unpaired) electrons. The van der Waals surface area contributed by atoms with Crippen LogP contribution in [0.3, 0.4) is 0 Å². The van der Waals surface area contributed by atoms with Crippen LogP contribution in [0, 0.1) is 0 Å². The molecule has 11 rings (SSSR count). The summed E-state index contributed by atoms with van der Waals surface area (Å²) in [4.78, 5) is 10.1. The van der Waals surface area contributed by atoms with Crippen molar-refractivity contribution >= 4 is 54.4 Å². The topological polar surface area (TPSA) is 38.9 Å². The van der Waals surface area contributed by atoms with Crippen molar-refractivity contribution in [3.63, 3.8) is 0 Å². The van der Waals surface area contributed by atoms with Gasteiger partial charge in [-0.25, -0.2) is 9.97 Å². The largest absolute Gasteiger partial charge is 0.452 e. The summed E-state index contributed by atoms with van der Waals surface area (Å²) < 4.78 is 6.63. The Balaban J connectivity index is 0.987. The molecule has 256 valence electrons. The first kappa shape index (κ1) is 31.2. The molecule has 9 aromatic carbocycles. The van der Waals surface area contributed by atoms with Gasteiger partial charge in [0.1, 0.15) is 16.8 Å². The summed E-state index contributed by atoms with van der Waals surface area (Å²) in [5.41, 5.74) is 12.0. The second-order valence-corrected chi connectivity index (χ2v) is 14.1. The van der Waals surface area contributed by atoms with E-state index in [9.17, 15) is 0 Å². The SMILES string of the molecule is c1ccc(-c2nc(-c3ccccc3)c3oc4cc(-c5cccc(-c6cccc(-c7ccc8c9ccccc9c9ccccc9c8c7)c6)c5)ccc4c3n2)cc1. The first-order valence-corrected chi connectivity index (χ1v) is 18.6. The molecular weight excluding hydrogens is 669 g/mol. The molecule has 0 unspecified atom stereocenters. The predicted octanol–water partition coefficient (Wildman–Crippen LogP) is 14.2. The third-order valence-electron chi connectivity index (χ3n) is 10.9. The van der Waals surface area contributed by atoms with E-state index in [1.54, 1.807) is 0 Å². The lowest BCUT2D eigenvalue weighted by Crippen LogP contribution is -1.93. The van der Waals surface area contributed by atoms with Crippen molar-refractivity contribution in [2.75, 3.05) is 0 Å². The van der Waals surface area contributed by atoms with Gasteiger partial charge in [-0.1, -0.05) is 164 Å². The zero-order chi connectivity index (χ0) is 36.3. The molecule has 0 aliphatic carbocycles. The van der Waals surface area contributed by atoms with Crippen molar-refractivity contribution in [3.8, 4) is 56.0 Å². The molecule has 2 heterocycles. The van der Waals surface area contributed by atoms with Crippen LogP contribution in [0.4, 0.5) is 0 Å². The van der Waals surface area contributed by atoms with Gasteiger partial charge in [0.15, 0.2) is 11.4 Å². The molecule has 3 heteroatoms. The van der Waals surface area contributed by atoms with Gasteiger partial charge in [0.05, 0.1) is 0 Å². The van der Waals surface area contributed by atoms with Gasteiger partial charge >= 0.3 is 0 Å². The quantitative estimate of drug-likeness (QED) is 0.168. The van der Waals surface area contributed by atoms with Crippen LogP contribution in [-0.4, -0.2) is 9.97 Å². The van der Waals surface area contributed by atoms with Crippen molar-refractivity contribution in [2.24, 2.45) is 0 Å². The summed E-state index contributed by atoms with van der Waals surface area (Å²) in [6.07, 6.45) is 0. The number of rotatable bonds is 5. The van der Waals surface area contributed by atoms with E-state index in [2.05, 4.69) is 146 Å². The molecule has 0 saturated heterocycles. The number of nitrogens with zero attached hydrogens (tertiary/aromatic N) is 2. The van der Waals surface area contributed by atoms with Gasteiger partial charge in [0, 0.05) is 16.5 Å².